The Balaban J connectivity index is 2.75. The Morgan fingerprint density at radius 1 is 1.12 bits per heavy atom. The number of amides is 1. The van der Waals surface area contributed by atoms with E-state index in [0.29, 0.717) is 12.8 Å². The van der Waals surface area contributed by atoms with Crippen LogP contribution in [0.15, 0.2) is 24.3 Å². The summed E-state index contributed by atoms with van der Waals surface area (Å²) < 4.78 is 0. The number of hydrogen-bond acceptors (Lipinski definition) is 4. The molecule has 0 spiro atoms. The highest BCUT2D eigenvalue weighted by Crippen LogP contribution is 2.28. The summed E-state index contributed by atoms with van der Waals surface area (Å²) in [6, 6.07) is 6.45. The number of rotatable bonds is 8. The number of phenolic OH excluding ortho intramolecular Hbond substituents is 1. The third kappa shape index (κ3) is 5.96. The first-order valence-electron chi connectivity index (χ1n) is 8.25. The summed E-state index contributed by atoms with van der Waals surface area (Å²) >= 11 is 0. The number of benzene rings is 1. The number of Topliss-reactive ketones (excluding diaryl/α,β-unsaturated/α-hetero) is 1. The molecule has 1 atom stereocenters. The van der Waals surface area contributed by atoms with E-state index in [1.54, 1.807) is 38.2 Å². The van der Waals surface area contributed by atoms with E-state index >= 15 is 0 Å². The molecule has 1 aromatic rings. The Morgan fingerprint density at radius 3 is 2.12 bits per heavy atom. The topological polar surface area (TPSA) is 78.4 Å². The van der Waals surface area contributed by atoms with Crippen LogP contribution in [-0.4, -0.2) is 35.4 Å². The molecule has 3 N–H and O–H groups in total. The molecule has 0 saturated heterocycles. The predicted octanol–water partition coefficient (Wildman–Crippen LogP) is 2.42. The van der Waals surface area contributed by atoms with E-state index in [0.717, 1.165) is 5.56 Å². The third-order valence-electron chi connectivity index (χ3n) is 4.34. The van der Waals surface area contributed by atoms with Crippen molar-refractivity contribution in [2.45, 2.75) is 59.0 Å². The molecule has 0 saturated carbocycles. The average molecular weight is 334 g/mol. The van der Waals surface area contributed by atoms with Gasteiger partial charge in [0.1, 0.15) is 11.5 Å². The fourth-order valence-corrected chi connectivity index (χ4v) is 2.89. The largest absolute Gasteiger partial charge is 0.508 e. The summed E-state index contributed by atoms with van der Waals surface area (Å²) in [7, 11) is 1.75. The van der Waals surface area contributed by atoms with Crippen LogP contribution in [0, 0.1) is 5.41 Å². The van der Waals surface area contributed by atoms with Gasteiger partial charge < -0.3 is 15.7 Å². The number of aromatic hydroxyl groups is 1. The molecular formula is C19H30N2O3. The lowest BCUT2D eigenvalue weighted by Gasteiger charge is -2.35. The second kappa shape index (κ2) is 7.79. The summed E-state index contributed by atoms with van der Waals surface area (Å²) in [5, 5.41) is 15.4. The predicted molar refractivity (Wildman–Crippen MR) is 96.0 cm³/mol. The monoisotopic (exact) mass is 334 g/mol. The lowest BCUT2D eigenvalue weighted by atomic mass is 9.77. The molecule has 5 nitrogen and oxygen atoms in total. The normalized spacial score (nSPS) is 13.4. The van der Waals surface area contributed by atoms with Gasteiger partial charge in [0.2, 0.25) is 5.91 Å². The zero-order valence-electron chi connectivity index (χ0n) is 15.6. The molecule has 0 aliphatic rings. The first-order valence-corrected chi connectivity index (χ1v) is 8.25. The van der Waals surface area contributed by atoms with Crippen LogP contribution < -0.4 is 10.6 Å². The van der Waals surface area contributed by atoms with Crippen molar-refractivity contribution in [2.24, 2.45) is 5.41 Å². The van der Waals surface area contributed by atoms with Crippen LogP contribution in [0.2, 0.25) is 0 Å². The molecule has 1 amide bonds. The average Bonchev–Trinajstić information content (AvgIpc) is 2.44. The molecule has 5 heteroatoms. The molecule has 0 aliphatic carbocycles. The van der Waals surface area contributed by atoms with E-state index in [-0.39, 0.29) is 23.5 Å². The smallest absolute Gasteiger partial charge is 0.237 e. The number of carbonyl (C=O) groups is 2. The fraction of sp³-hybridized carbons (Fsp3) is 0.579. The molecule has 0 radical (unpaired) electrons. The zero-order chi connectivity index (χ0) is 18.5. The summed E-state index contributed by atoms with van der Waals surface area (Å²) in [6.45, 7) is 9.25. The van der Waals surface area contributed by atoms with Gasteiger partial charge in [0.15, 0.2) is 0 Å². The summed E-state index contributed by atoms with van der Waals surface area (Å²) in [5.41, 5.74) is -0.0108. The van der Waals surface area contributed by atoms with Crippen LogP contribution in [0.1, 0.15) is 46.6 Å². The van der Waals surface area contributed by atoms with E-state index in [9.17, 15) is 14.7 Å². The van der Waals surface area contributed by atoms with Crippen LogP contribution in [0.3, 0.4) is 0 Å². The van der Waals surface area contributed by atoms with Crippen molar-refractivity contribution >= 4 is 11.7 Å². The van der Waals surface area contributed by atoms with Gasteiger partial charge in [-0.25, -0.2) is 0 Å². The van der Waals surface area contributed by atoms with Gasteiger partial charge in [0.05, 0.1) is 6.04 Å². The first kappa shape index (κ1) is 20.2. The third-order valence-corrected chi connectivity index (χ3v) is 4.34. The molecule has 1 unspecified atom stereocenters. The van der Waals surface area contributed by atoms with Crippen molar-refractivity contribution in [3.05, 3.63) is 29.8 Å². The molecule has 1 rings (SSSR count). The lowest BCUT2D eigenvalue weighted by Crippen LogP contribution is -2.53. The molecule has 0 aromatic heterocycles. The van der Waals surface area contributed by atoms with Crippen LogP contribution in [0.5, 0.6) is 5.75 Å². The van der Waals surface area contributed by atoms with Crippen molar-refractivity contribution in [3.63, 3.8) is 0 Å². The Kier molecular flexibility index (Phi) is 6.55. The summed E-state index contributed by atoms with van der Waals surface area (Å²) in [5.74, 6) is 0.214. The van der Waals surface area contributed by atoms with Gasteiger partial charge in [0, 0.05) is 11.0 Å². The Labute approximate surface area is 144 Å². The van der Waals surface area contributed by atoms with Crippen molar-refractivity contribution in [1.29, 1.82) is 0 Å². The van der Waals surface area contributed by atoms with E-state index in [1.165, 1.54) is 0 Å². The molecule has 134 valence electrons. The van der Waals surface area contributed by atoms with Crippen molar-refractivity contribution in [2.75, 3.05) is 7.05 Å². The maximum absolute atomic E-state index is 12.6. The van der Waals surface area contributed by atoms with Gasteiger partial charge in [-0.1, -0.05) is 26.0 Å². The van der Waals surface area contributed by atoms with Gasteiger partial charge >= 0.3 is 0 Å². The highest BCUT2D eigenvalue weighted by atomic mass is 16.3. The quantitative estimate of drug-likeness (QED) is 0.682. The fourth-order valence-electron chi connectivity index (χ4n) is 2.89. The molecule has 0 bridgehead atoms. The zero-order valence-corrected chi connectivity index (χ0v) is 15.6. The van der Waals surface area contributed by atoms with Crippen LogP contribution in [0.4, 0.5) is 0 Å². The summed E-state index contributed by atoms with van der Waals surface area (Å²) in [6.07, 6.45) is 1.09. The van der Waals surface area contributed by atoms with Crippen LogP contribution >= 0.6 is 0 Å². The van der Waals surface area contributed by atoms with Gasteiger partial charge in [-0.2, -0.15) is 0 Å². The second-order valence-electron chi connectivity index (χ2n) is 7.70. The van der Waals surface area contributed by atoms with Crippen molar-refractivity contribution in [3.8, 4) is 5.75 Å². The standard InChI is InChI=1S/C19H30N2O3/c1-13(22)18(2,3)12-19(4,5)21-17(24)16(20-6)11-14-7-9-15(23)10-8-14/h7-10,16,20,23H,11-12H2,1-6H3,(H,21,24). The number of carbonyl (C=O) groups excluding carboxylic acids is 2. The Bertz CT molecular complexity index is 577. The molecule has 0 heterocycles. The number of hydrogen-bond donors (Lipinski definition) is 3. The number of ketones is 1. The summed E-state index contributed by atoms with van der Waals surface area (Å²) in [4.78, 5) is 24.4. The molecular weight excluding hydrogens is 304 g/mol. The highest BCUT2D eigenvalue weighted by molar-refractivity contribution is 5.84. The van der Waals surface area contributed by atoms with E-state index in [1.807, 2.05) is 27.7 Å². The SMILES string of the molecule is CNC(Cc1ccc(O)cc1)C(=O)NC(C)(C)CC(C)(C)C(C)=O. The minimum absolute atomic E-state index is 0.102. The maximum atomic E-state index is 12.6. The maximum Gasteiger partial charge on any atom is 0.237 e. The van der Waals surface area contributed by atoms with Gasteiger partial charge in [-0.3, -0.25) is 9.59 Å². The van der Waals surface area contributed by atoms with Gasteiger partial charge in [0.25, 0.3) is 0 Å². The van der Waals surface area contributed by atoms with Gasteiger partial charge in [-0.05, 0) is 58.4 Å². The van der Waals surface area contributed by atoms with Crippen LogP contribution in [-0.2, 0) is 16.0 Å². The van der Waals surface area contributed by atoms with E-state index in [4.69, 9.17) is 0 Å². The minimum atomic E-state index is -0.490. The number of nitrogens with one attached hydrogen (secondary N) is 2. The van der Waals surface area contributed by atoms with Gasteiger partial charge in [-0.15, -0.1) is 0 Å². The minimum Gasteiger partial charge on any atom is -0.508 e. The Hall–Kier alpha value is -1.88. The Morgan fingerprint density at radius 2 is 1.67 bits per heavy atom. The van der Waals surface area contributed by atoms with Crippen molar-refractivity contribution < 1.29 is 14.7 Å². The van der Waals surface area contributed by atoms with E-state index in [2.05, 4.69) is 10.6 Å². The highest BCUT2D eigenvalue weighted by Gasteiger charge is 2.34. The molecule has 0 aliphatic heterocycles. The van der Waals surface area contributed by atoms with E-state index < -0.39 is 11.0 Å². The molecule has 1 aromatic carbocycles. The number of likely N-dealkylation sites (N-methyl/N-ethyl adjacent to an activating group) is 1. The van der Waals surface area contributed by atoms with Crippen molar-refractivity contribution in [1.82, 2.24) is 10.6 Å². The van der Waals surface area contributed by atoms with Crippen LogP contribution in [0.25, 0.3) is 0 Å². The number of phenols is 1. The molecule has 0 fully saturated rings. The lowest BCUT2D eigenvalue weighted by molar-refractivity contribution is -0.129. The second-order valence-corrected chi connectivity index (χ2v) is 7.70. The molecule has 24 heavy (non-hydrogen) atoms. The first-order chi connectivity index (χ1) is 11.0.